The van der Waals surface area contributed by atoms with Gasteiger partial charge in [-0.2, -0.15) is 8.42 Å². The number of amides is 3. The zero-order chi connectivity index (χ0) is 34.4. The molecule has 45 heavy (non-hydrogen) atoms. The number of esters is 1. The predicted octanol–water partition coefficient (Wildman–Crippen LogP) is 1.76. The van der Waals surface area contributed by atoms with Crippen LogP contribution in [0.15, 0.2) is 24.3 Å². The minimum absolute atomic E-state index is 0.198. The highest BCUT2D eigenvalue weighted by Gasteiger charge is 2.50. The zero-order valence-electron chi connectivity index (χ0n) is 26.2. The van der Waals surface area contributed by atoms with Crippen molar-refractivity contribution in [1.82, 2.24) is 15.5 Å². The highest BCUT2D eigenvalue weighted by molar-refractivity contribution is 7.85. The molecule has 1 aromatic carbocycles. The van der Waals surface area contributed by atoms with Crippen LogP contribution in [-0.2, 0) is 39.5 Å². The van der Waals surface area contributed by atoms with Gasteiger partial charge in [0.25, 0.3) is 10.1 Å². The molecule has 1 unspecified atom stereocenters. The maximum absolute atomic E-state index is 13.6. The molecule has 0 aliphatic carbocycles. The van der Waals surface area contributed by atoms with Gasteiger partial charge in [0, 0.05) is 23.5 Å². The number of nitrogens with zero attached hydrogens (tertiary/aromatic N) is 1. The Labute approximate surface area is 267 Å². The summed E-state index contributed by atoms with van der Waals surface area (Å²) in [4.78, 5) is 51.6. The van der Waals surface area contributed by atoms with Gasteiger partial charge in [-0.05, 0) is 43.9 Å². The topological polar surface area (TPSA) is 224 Å². The Kier molecular flexibility index (Phi) is 12.6. The molecular formula is C28H43ClN4O11S. The van der Waals surface area contributed by atoms with Gasteiger partial charge in [-0.1, -0.05) is 51.4 Å². The number of rotatable bonds is 12. The van der Waals surface area contributed by atoms with Crippen molar-refractivity contribution >= 4 is 45.8 Å². The molecular weight excluding hydrogens is 636 g/mol. The Morgan fingerprint density at radius 1 is 1.13 bits per heavy atom. The van der Waals surface area contributed by atoms with Crippen LogP contribution in [0, 0.1) is 11.3 Å². The van der Waals surface area contributed by atoms with Gasteiger partial charge < -0.3 is 40.6 Å². The van der Waals surface area contributed by atoms with E-state index < -0.39 is 69.5 Å². The maximum Gasteiger partial charge on any atom is 0.511 e. The molecule has 0 aromatic heterocycles. The van der Waals surface area contributed by atoms with Crippen LogP contribution in [0.4, 0.5) is 9.59 Å². The van der Waals surface area contributed by atoms with Gasteiger partial charge >= 0.3 is 18.2 Å². The molecule has 17 heteroatoms. The predicted molar refractivity (Wildman–Crippen MR) is 162 cm³/mol. The monoisotopic (exact) mass is 678 g/mol. The second-order valence-corrected chi connectivity index (χ2v) is 14.4. The lowest BCUT2D eigenvalue weighted by Crippen LogP contribution is -2.61. The van der Waals surface area contributed by atoms with Crippen molar-refractivity contribution in [2.45, 2.75) is 71.2 Å². The van der Waals surface area contributed by atoms with Crippen molar-refractivity contribution in [3.05, 3.63) is 34.9 Å². The molecule has 0 spiro atoms. The largest absolute Gasteiger partial charge is 0.511 e. The normalized spacial score (nSPS) is 19.7. The highest BCUT2D eigenvalue weighted by Crippen LogP contribution is 2.46. The number of urea groups is 1. The maximum atomic E-state index is 13.6. The lowest BCUT2D eigenvalue weighted by atomic mass is 9.66. The Balaban J connectivity index is 1.90. The van der Waals surface area contributed by atoms with E-state index in [9.17, 15) is 32.7 Å². The van der Waals surface area contributed by atoms with Crippen molar-refractivity contribution in [3.63, 3.8) is 0 Å². The molecule has 6 N–H and O–H groups in total. The van der Waals surface area contributed by atoms with Gasteiger partial charge in [-0.15, -0.1) is 0 Å². The van der Waals surface area contributed by atoms with Crippen molar-refractivity contribution in [1.29, 1.82) is 0 Å². The third kappa shape index (κ3) is 11.0. The average Bonchev–Trinajstić information content (AvgIpc) is 2.90. The van der Waals surface area contributed by atoms with E-state index in [2.05, 4.69) is 20.1 Å². The van der Waals surface area contributed by atoms with Gasteiger partial charge in [0.1, 0.15) is 23.4 Å². The molecule has 3 amide bonds. The quantitative estimate of drug-likeness (QED) is 0.121. The second-order valence-electron chi connectivity index (χ2n) is 12.5. The first kappa shape index (κ1) is 38.0. The number of ether oxygens (including phenoxy) is 3. The van der Waals surface area contributed by atoms with E-state index in [0.717, 1.165) is 0 Å². The van der Waals surface area contributed by atoms with E-state index in [1.54, 1.807) is 43.0 Å². The number of halogens is 1. The van der Waals surface area contributed by atoms with Crippen LogP contribution in [0.2, 0.25) is 5.02 Å². The highest BCUT2D eigenvalue weighted by atomic mass is 35.5. The van der Waals surface area contributed by atoms with Crippen LogP contribution in [0.5, 0.6) is 0 Å². The minimum Gasteiger partial charge on any atom is -0.427 e. The number of nitrogens with two attached hydrogens (primary N) is 1. The van der Waals surface area contributed by atoms with Crippen molar-refractivity contribution < 1.29 is 51.5 Å². The van der Waals surface area contributed by atoms with Gasteiger partial charge in [0.05, 0.1) is 12.1 Å². The number of carbonyl (C=O) groups excluding carboxylic acids is 4. The fourth-order valence-corrected chi connectivity index (χ4v) is 5.51. The number of likely N-dealkylation sites (tertiary alicyclic amines) is 1. The van der Waals surface area contributed by atoms with Gasteiger partial charge in [0.2, 0.25) is 12.7 Å². The Hall–Kier alpha value is -3.18. The number of nitrogens with one attached hydrogen (secondary N) is 2. The smallest absolute Gasteiger partial charge is 0.427 e. The summed E-state index contributed by atoms with van der Waals surface area (Å²) in [5, 5.41) is 17.4. The number of hydrogen-bond acceptors (Lipinski definition) is 11. The van der Waals surface area contributed by atoms with Gasteiger partial charge in [0.15, 0.2) is 0 Å². The number of piperidine rings is 1. The Morgan fingerprint density at radius 3 is 2.27 bits per heavy atom. The van der Waals surface area contributed by atoms with Crippen LogP contribution in [0.3, 0.4) is 0 Å². The molecule has 2 rings (SSSR count). The summed E-state index contributed by atoms with van der Waals surface area (Å²) in [6.07, 6.45) is -0.984. The summed E-state index contributed by atoms with van der Waals surface area (Å²) < 4.78 is 44.6. The lowest BCUT2D eigenvalue weighted by Gasteiger charge is -2.51. The second kappa shape index (κ2) is 14.9. The molecule has 0 radical (unpaired) electrons. The molecule has 1 saturated heterocycles. The van der Waals surface area contributed by atoms with E-state index in [0.29, 0.717) is 10.6 Å². The van der Waals surface area contributed by atoms with Crippen LogP contribution in [-0.4, -0.2) is 96.9 Å². The fourth-order valence-electron chi connectivity index (χ4n) is 4.80. The molecule has 3 atom stereocenters. The molecule has 0 bridgehead atoms. The molecule has 1 fully saturated rings. The molecule has 1 aromatic rings. The molecule has 0 saturated carbocycles. The Morgan fingerprint density at radius 2 is 1.73 bits per heavy atom. The summed E-state index contributed by atoms with van der Waals surface area (Å²) in [5.41, 5.74) is 2.76. The first-order chi connectivity index (χ1) is 20.6. The van der Waals surface area contributed by atoms with Crippen LogP contribution < -0.4 is 16.4 Å². The van der Waals surface area contributed by atoms with E-state index in [1.165, 1.54) is 13.8 Å². The molecule has 1 aliphatic rings. The lowest BCUT2D eigenvalue weighted by molar-refractivity contribution is -0.156. The van der Waals surface area contributed by atoms with Gasteiger partial charge in [-0.3, -0.25) is 14.1 Å². The molecule has 15 nitrogen and oxygen atoms in total. The molecule has 1 heterocycles. The molecule has 1 aliphatic heterocycles. The average molecular weight is 679 g/mol. The SMILES string of the molecule is CC(C)[C@@H](NC(=O)NCC(C)(C)OC(=O)OCOC(=O)C(N)CS(=O)(=O)O)C(=O)N1CC[C@](O)(c2ccc(Cl)cc2)C(C)(C)C1. The van der Waals surface area contributed by atoms with E-state index in [1.807, 2.05) is 13.8 Å². The summed E-state index contributed by atoms with van der Waals surface area (Å²) >= 11 is 6.02. The molecule has 254 valence electrons. The standard InChI is InChI=1S/C28H43ClN4O11S/c1-17(2)21(22(34)33-12-11-28(38,26(3,4)15-33)18-7-9-19(29)10-8-18)32-24(36)31-14-27(5,6)44-25(37)43-16-42-23(35)20(30)13-45(39,40)41/h7-10,17,20-21,38H,11-16,30H2,1-6H3,(H2,31,32,36)(H,39,40,41)/t20?,21-,28+/m1/s1. The summed E-state index contributed by atoms with van der Waals surface area (Å²) in [5.74, 6) is -2.91. The number of hydrogen-bond donors (Lipinski definition) is 5. The minimum atomic E-state index is -4.52. The van der Waals surface area contributed by atoms with Crippen molar-refractivity contribution in [3.8, 4) is 0 Å². The fraction of sp³-hybridized carbons (Fsp3) is 0.643. The van der Waals surface area contributed by atoms with Crippen LogP contribution in [0.25, 0.3) is 0 Å². The third-order valence-electron chi connectivity index (χ3n) is 7.41. The summed E-state index contributed by atoms with van der Waals surface area (Å²) in [6.45, 7) is 9.61. The first-order valence-electron chi connectivity index (χ1n) is 14.1. The van der Waals surface area contributed by atoms with Crippen molar-refractivity contribution in [2.24, 2.45) is 17.1 Å². The zero-order valence-corrected chi connectivity index (χ0v) is 27.7. The van der Waals surface area contributed by atoms with Gasteiger partial charge in [-0.25, -0.2) is 9.59 Å². The summed E-state index contributed by atoms with van der Waals surface area (Å²) in [7, 11) is -4.52. The number of carbonyl (C=O) groups is 4. The Bertz CT molecular complexity index is 1340. The first-order valence-corrected chi connectivity index (χ1v) is 16.1. The third-order valence-corrected chi connectivity index (χ3v) is 8.44. The van der Waals surface area contributed by atoms with Crippen LogP contribution in [0.1, 0.15) is 53.5 Å². The summed E-state index contributed by atoms with van der Waals surface area (Å²) in [6, 6.07) is 3.69. The number of benzene rings is 1. The number of aliphatic hydroxyl groups is 1. The van der Waals surface area contributed by atoms with E-state index >= 15 is 0 Å². The van der Waals surface area contributed by atoms with Crippen molar-refractivity contribution in [2.75, 3.05) is 32.2 Å². The van der Waals surface area contributed by atoms with E-state index in [-0.39, 0.29) is 37.9 Å². The van der Waals surface area contributed by atoms with Crippen LogP contribution >= 0.6 is 11.6 Å². The van der Waals surface area contributed by atoms with E-state index in [4.69, 9.17) is 26.6 Å².